The Morgan fingerprint density at radius 3 is 1.82 bits per heavy atom. The van der Waals surface area contributed by atoms with Gasteiger partial charge in [0.1, 0.15) is 0 Å². The third kappa shape index (κ3) is 18.4. The minimum absolute atomic E-state index is 0.922. The van der Waals surface area contributed by atoms with Crippen molar-refractivity contribution in [1.82, 2.24) is 0 Å². The Bertz CT molecular complexity index is 362. The molecule has 2 nitrogen and oxygen atoms in total. The molecule has 0 bridgehead atoms. The van der Waals surface area contributed by atoms with Gasteiger partial charge in [-0.3, -0.25) is 0 Å². The number of unbranched alkanes of at least 4 members (excludes halogenated alkanes) is 9. The fourth-order valence-electron chi connectivity index (χ4n) is 2.14. The first-order valence-electron chi connectivity index (χ1n) is 8.67. The molecule has 0 saturated carbocycles. The van der Waals surface area contributed by atoms with Gasteiger partial charge < -0.3 is 5.11 Å². The maximum absolute atomic E-state index is 10.2. The molecule has 0 aliphatic rings. The quantitative estimate of drug-likeness (QED) is 0.235. The van der Waals surface area contributed by atoms with E-state index in [-0.39, 0.29) is 0 Å². The molecule has 0 saturated heterocycles. The zero-order valence-electron chi connectivity index (χ0n) is 14.0. The molecule has 0 aliphatic heterocycles. The number of hydrogen-bond acceptors (Lipinski definition) is 1. The van der Waals surface area contributed by atoms with Crippen LogP contribution in [0.4, 0.5) is 0 Å². The lowest BCUT2D eigenvalue weighted by Crippen LogP contribution is -1.84. The third-order valence-corrected chi connectivity index (χ3v) is 3.40. The summed E-state index contributed by atoms with van der Waals surface area (Å²) >= 11 is 0. The van der Waals surface area contributed by atoms with E-state index in [1.165, 1.54) is 63.9 Å². The molecule has 0 heterocycles. The van der Waals surface area contributed by atoms with E-state index in [0.29, 0.717) is 0 Å². The van der Waals surface area contributed by atoms with E-state index in [9.17, 15) is 4.79 Å². The summed E-state index contributed by atoms with van der Waals surface area (Å²) < 4.78 is 0. The maximum atomic E-state index is 10.2. The van der Waals surface area contributed by atoms with E-state index in [0.717, 1.165) is 12.5 Å². The molecule has 0 aromatic rings. The highest BCUT2D eigenvalue weighted by Crippen LogP contribution is 2.10. The van der Waals surface area contributed by atoms with Crippen molar-refractivity contribution < 1.29 is 9.90 Å². The van der Waals surface area contributed by atoms with Crippen LogP contribution in [0, 0.1) is 0 Å². The molecule has 0 atom stereocenters. The zero-order valence-corrected chi connectivity index (χ0v) is 14.0. The Morgan fingerprint density at radius 1 is 0.727 bits per heavy atom. The maximum Gasteiger partial charge on any atom is 0.328 e. The number of carbonyl (C=O) groups is 1. The second-order valence-electron chi connectivity index (χ2n) is 5.51. The molecule has 0 amide bonds. The van der Waals surface area contributed by atoms with Crippen molar-refractivity contribution in [3.8, 4) is 0 Å². The molecule has 124 valence electrons. The van der Waals surface area contributed by atoms with Crippen molar-refractivity contribution in [3.05, 3.63) is 48.6 Å². The van der Waals surface area contributed by atoms with Crippen LogP contribution in [-0.2, 0) is 4.79 Å². The van der Waals surface area contributed by atoms with Crippen LogP contribution < -0.4 is 0 Å². The molecule has 0 aliphatic carbocycles. The standard InChI is InChI=1S/C20H32O2/c1-2-3-4-5-6-7-8-9-10-11-12-13-14-15-16-17-18-19-20(21)22/h12-19H,2-11H2,1H3,(H,21,22)/b13-12+,15-14+,17-16+,19-18+. The molecule has 0 rings (SSSR count). The largest absolute Gasteiger partial charge is 0.478 e. The van der Waals surface area contributed by atoms with Gasteiger partial charge in [-0.15, -0.1) is 0 Å². The summed E-state index contributed by atoms with van der Waals surface area (Å²) in [6, 6.07) is 0. The molecular weight excluding hydrogens is 272 g/mol. The van der Waals surface area contributed by atoms with Crippen LogP contribution in [-0.4, -0.2) is 11.1 Å². The number of hydrogen-bond donors (Lipinski definition) is 1. The van der Waals surface area contributed by atoms with Crippen LogP contribution in [0.15, 0.2) is 48.6 Å². The second kappa shape index (κ2) is 17.5. The van der Waals surface area contributed by atoms with Gasteiger partial charge in [-0.1, -0.05) is 101 Å². The summed E-state index contributed by atoms with van der Waals surface area (Å²) in [6.07, 6.45) is 27.7. The molecule has 0 aromatic heterocycles. The monoisotopic (exact) mass is 304 g/mol. The molecule has 0 radical (unpaired) electrons. The molecule has 0 aromatic carbocycles. The fourth-order valence-corrected chi connectivity index (χ4v) is 2.14. The first kappa shape index (κ1) is 20.4. The number of carboxylic acid groups (broad SMARTS) is 1. The van der Waals surface area contributed by atoms with E-state index in [2.05, 4.69) is 19.1 Å². The smallest absolute Gasteiger partial charge is 0.328 e. The van der Waals surface area contributed by atoms with Crippen LogP contribution in [0.5, 0.6) is 0 Å². The van der Waals surface area contributed by atoms with Gasteiger partial charge in [0.05, 0.1) is 0 Å². The van der Waals surface area contributed by atoms with Gasteiger partial charge in [0.15, 0.2) is 0 Å². The Balaban J connectivity index is 3.35. The lowest BCUT2D eigenvalue weighted by Gasteiger charge is -2.00. The average molecular weight is 304 g/mol. The van der Waals surface area contributed by atoms with Gasteiger partial charge in [0, 0.05) is 6.08 Å². The summed E-state index contributed by atoms with van der Waals surface area (Å²) in [5, 5.41) is 8.39. The first-order chi connectivity index (χ1) is 10.8. The van der Waals surface area contributed by atoms with Gasteiger partial charge >= 0.3 is 5.97 Å². The van der Waals surface area contributed by atoms with Gasteiger partial charge in [-0.2, -0.15) is 0 Å². The molecule has 1 N–H and O–H groups in total. The van der Waals surface area contributed by atoms with Crippen LogP contribution >= 0.6 is 0 Å². The number of allylic oxidation sites excluding steroid dienone is 7. The van der Waals surface area contributed by atoms with Crippen molar-refractivity contribution in [1.29, 1.82) is 0 Å². The van der Waals surface area contributed by atoms with Gasteiger partial charge in [-0.05, 0) is 12.8 Å². The summed E-state index contributed by atoms with van der Waals surface area (Å²) in [4.78, 5) is 10.2. The van der Waals surface area contributed by atoms with Crippen molar-refractivity contribution in [2.24, 2.45) is 0 Å². The Labute approximate surface area is 136 Å². The Hall–Kier alpha value is -1.57. The highest BCUT2D eigenvalue weighted by atomic mass is 16.4. The van der Waals surface area contributed by atoms with E-state index in [1.807, 2.05) is 18.2 Å². The molecule has 0 spiro atoms. The summed E-state index contributed by atoms with van der Waals surface area (Å²) in [5.74, 6) is -0.922. The van der Waals surface area contributed by atoms with Crippen LogP contribution in [0.1, 0.15) is 71.1 Å². The molecular formula is C20H32O2. The number of aliphatic carboxylic acids is 1. The van der Waals surface area contributed by atoms with Gasteiger partial charge in [-0.25, -0.2) is 4.79 Å². The lowest BCUT2D eigenvalue weighted by molar-refractivity contribution is -0.131. The van der Waals surface area contributed by atoms with Crippen LogP contribution in [0.25, 0.3) is 0 Å². The summed E-state index contributed by atoms with van der Waals surface area (Å²) in [6.45, 7) is 2.26. The van der Waals surface area contributed by atoms with Crippen molar-refractivity contribution in [2.45, 2.75) is 71.1 Å². The molecule has 22 heavy (non-hydrogen) atoms. The fraction of sp³-hybridized carbons (Fsp3) is 0.550. The van der Waals surface area contributed by atoms with E-state index in [4.69, 9.17) is 5.11 Å². The summed E-state index contributed by atoms with van der Waals surface area (Å²) in [7, 11) is 0. The predicted molar refractivity (Wildman–Crippen MR) is 96.0 cm³/mol. The highest BCUT2D eigenvalue weighted by Gasteiger charge is 1.90. The molecule has 0 fully saturated rings. The topological polar surface area (TPSA) is 37.3 Å². The van der Waals surface area contributed by atoms with Gasteiger partial charge in [0.2, 0.25) is 0 Å². The first-order valence-corrected chi connectivity index (χ1v) is 8.67. The summed E-state index contributed by atoms with van der Waals surface area (Å²) in [5.41, 5.74) is 0. The Kier molecular flexibility index (Phi) is 16.2. The number of rotatable bonds is 14. The van der Waals surface area contributed by atoms with Crippen molar-refractivity contribution in [2.75, 3.05) is 0 Å². The predicted octanol–water partition coefficient (Wildman–Crippen LogP) is 6.22. The minimum atomic E-state index is -0.922. The van der Waals surface area contributed by atoms with E-state index in [1.54, 1.807) is 6.08 Å². The third-order valence-electron chi connectivity index (χ3n) is 3.40. The van der Waals surface area contributed by atoms with Crippen molar-refractivity contribution >= 4 is 5.97 Å². The molecule has 2 heteroatoms. The van der Waals surface area contributed by atoms with E-state index >= 15 is 0 Å². The van der Waals surface area contributed by atoms with Gasteiger partial charge in [0.25, 0.3) is 0 Å². The van der Waals surface area contributed by atoms with E-state index < -0.39 is 5.97 Å². The van der Waals surface area contributed by atoms with Crippen molar-refractivity contribution in [3.63, 3.8) is 0 Å². The SMILES string of the molecule is CCCCCCCCCCC/C=C/C=C/C=C/C=C/C(=O)O. The number of carboxylic acids is 1. The second-order valence-corrected chi connectivity index (χ2v) is 5.51. The van der Waals surface area contributed by atoms with Crippen LogP contribution in [0.2, 0.25) is 0 Å². The Morgan fingerprint density at radius 2 is 1.23 bits per heavy atom. The highest BCUT2D eigenvalue weighted by molar-refractivity contribution is 5.80. The normalized spacial score (nSPS) is 12.4. The minimum Gasteiger partial charge on any atom is -0.478 e. The zero-order chi connectivity index (χ0) is 16.3. The lowest BCUT2D eigenvalue weighted by atomic mass is 10.1. The molecule has 0 unspecified atom stereocenters. The van der Waals surface area contributed by atoms with Crippen LogP contribution in [0.3, 0.4) is 0 Å². The average Bonchev–Trinajstić information content (AvgIpc) is 2.50.